The molecule has 0 aromatic carbocycles. The summed E-state index contributed by atoms with van der Waals surface area (Å²) in [6, 6.07) is 0. The van der Waals surface area contributed by atoms with Crippen LogP contribution < -0.4 is 5.32 Å². The van der Waals surface area contributed by atoms with Crippen LogP contribution >= 0.6 is 11.6 Å². The monoisotopic (exact) mass is 514 g/mol. The van der Waals surface area contributed by atoms with Crippen LogP contribution in [0.3, 0.4) is 0 Å². The van der Waals surface area contributed by atoms with Crippen molar-refractivity contribution in [2.45, 2.75) is 37.3 Å². The van der Waals surface area contributed by atoms with E-state index in [1.54, 1.807) is 0 Å². The lowest BCUT2D eigenvalue weighted by molar-refractivity contribution is -0.909. The highest BCUT2D eigenvalue weighted by atomic mass is 35.5. The third-order valence-electron chi connectivity index (χ3n) is 5.50. The summed E-state index contributed by atoms with van der Waals surface area (Å²) in [5.41, 5.74) is 0. The molecule has 0 aromatic heterocycles. The maximum atomic E-state index is 10.9. The average Bonchev–Trinajstić information content (AvgIpc) is 2.59. The number of likely N-dealkylation sites (N-methyl/N-ethyl adjacent to an activating group) is 3. The van der Waals surface area contributed by atoms with Crippen molar-refractivity contribution in [2.24, 2.45) is 0 Å². The molecule has 0 saturated carbocycles. The number of nitrogens with one attached hydrogen (secondary N) is 1. The first kappa shape index (κ1) is 33.9. The molecule has 5 N–H and O–H groups in total. The van der Waals surface area contributed by atoms with Gasteiger partial charge in [0, 0.05) is 25.5 Å². The van der Waals surface area contributed by atoms with Gasteiger partial charge >= 0.3 is 0 Å². The molecule has 0 bridgehead atoms. The second kappa shape index (κ2) is 15.9. The number of quaternary nitrogens is 3. The second-order valence-electron chi connectivity index (χ2n) is 12.7. The van der Waals surface area contributed by atoms with Gasteiger partial charge in [0.2, 0.25) is 0 Å². The fourth-order valence-corrected chi connectivity index (χ4v) is 4.52. The van der Waals surface area contributed by atoms with Gasteiger partial charge in [-0.05, 0) is 25.9 Å². The van der Waals surface area contributed by atoms with E-state index in [1.807, 2.05) is 14.1 Å². The second-order valence-corrected chi connectivity index (χ2v) is 13.0. The van der Waals surface area contributed by atoms with Crippen molar-refractivity contribution in [3.05, 3.63) is 0 Å². The molecule has 4 unspecified atom stereocenters. The fourth-order valence-electron chi connectivity index (χ4n) is 4.42. The van der Waals surface area contributed by atoms with Crippen LogP contribution in [0.15, 0.2) is 0 Å². The van der Waals surface area contributed by atoms with Crippen molar-refractivity contribution in [1.29, 1.82) is 0 Å². The maximum Gasteiger partial charge on any atom is 0.152 e. The van der Waals surface area contributed by atoms with E-state index >= 15 is 0 Å². The highest BCUT2D eigenvalue weighted by Gasteiger charge is 2.29. The standard InChI is InChI=1S/C24H57ClN5O4/c1-28(2,3)17-22(32)15-27(12-10-9-11-26-14-21(31)13-25)16-23(33)19-30(7,8)20-24(34)18-29(4,5)6/h21-24,26,31-34H,9-20H2,1-8H3/q+3. The summed E-state index contributed by atoms with van der Waals surface area (Å²) in [6.45, 7) is 5.48. The number of alkyl halides is 1. The number of hydrogen-bond donors (Lipinski definition) is 5. The molecular weight excluding hydrogens is 458 g/mol. The summed E-state index contributed by atoms with van der Waals surface area (Å²) in [5.74, 6) is 0.226. The average molecular weight is 515 g/mol. The van der Waals surface area contributed by atoms with Crippen molar-refractivity contribution >= 4 is 11.6 Å². The Labute approximate surface area is 214 Å². The van der Waals surface area contributed by atoms with Gasteiger partial charge in [0.05, 0.1) is 62.5 Å². The molecule has 0 spiro atoms. The van der Waals surface area contributed by atoms with E-state index in [0.29, 0.717) is 59.3 Å². The molecule has 0 heterocycles. The molecule has 4 atom stereocenters. The molecule has 0 aliphatic carbocycles. The topological polar surface area (TPSA) is 96.2 Å². The molecular formula is C24H57ClN5O4+3. The van der Waals surface area contributed by atoms with E-state index in [0.717, 1.165) is 25.9 Å². The van der Waals surface area contributed by atoms with Crippen LogP contribution in [0.5, 0.6) is 0 Å². The Balaban J connectivity index is 4.80. The largest absolute Gasteiger partial charge is 0.391 e. The van der Waals surface area contributed by atoms with E-state index < -0.39 is 24.4 Å². The zero-order valence-corrected chi connectivity index (χ0v) is 24.0. The summed E-state index contributed by atoms with van der Waals surface area (Å²) in [5, 5.41) is 44.7. The van der Waals surface area contributed by atoms with Crippen molar-refractivity contribution in [2.75, 3.05) is 121 Å². The SMILES string of the molecule is C[N+](C)(C)CC(O)CN(CCCCNCC(O)CCl)CC(O)C[N+](C)(C)CC(O)C[N+](C)(C)C. The van der Waals surface area contributed by atoms with Gasteiger partial charge in [-0.15, -0.1) is 11.6 Å². The highest BCUT2D eigenvalue weighted by molar-refractivity contribution is 6.18. The first-order chi connectivity index (χ1) is 15.4. The van der Waals surface area contributed by atoms with Crippen molar-refractivity contribution in [1.82, 2.24) is 10.2 Å². The molecule has 10 heteroatoms. The first-order valence-corrected chi connectivity index (χ1v) is 13.1. The van der Waals surface area contributed by atoms with Crippen molar-refractivity contribution < 1.29 is 33.9 Å². The van der Waals surface area contributed by atoms with Crippen molar-refractivity contribution in [3.63, 3.8) is 0 Å². The van der Waals surface area contributed by atoms with Crippen LogP contribution in [-0.4, -0.2) is 184 Å². The van der Waals surface area contributed by atoms with Crippen LogP contribution in [0.25, 0.3) is 0 Å². The number of rotatable bonds is 20. The molecule has 0 radical (unpaired) electrons. The number of aliphatic hydroxyl groups excluding tert-OH is 4. The first-order valence-electron chi connectivity index (χ1n) is 12.6. The molecule has 0 amide bonds. The summed E-state index contributed by atoms with van der Waals surface area (Å²) in [7, 11) is 16.5. The van der Waals surface area contributed by atoms with Gasteiger partial charge in [-0.2, -0.15) is 0 Å². The van der Waals surface area contributed by atoms with Gasteiger partial charge in [-0.1, -0.05) is 0 Å². The quantitative estimate of drug-likeness (QED) is 0.0798. The molecule has 206 valence electrons. The predicted octanol–water partition coefficient (Wildman–Crippen LogP) is -1.17. The van der Waals surface area contributed by atoms with E-state index in [9.17, 15) is 20.4 Å². The lowest BCUT2D eigenvalue weighted by Gasteiger charge is -2.37. The summed E-state index contributed by atoms with van der Waals surface area (Å²) in [6.07, 6.45) is -0.131. The molecule has 0 rings (SSSR count). The molecule has 34 heavy (non-hydrogen) atoms. The number of unbranched alkanes of at least 4 members (excludes halogenated alkanes) is 1. The number of halogens is 1. The van der Waals surface area contributed by atoms with Gasteiger partial charge in [0.25, 0.3) is 0 Å². The summed E-state index contributed by atoms with van der Waals surface area (Å²) >= 11 is 5.62. The molecule has 0 aliphatic rings. The summed E-state index contributed by atoms with van der Waals surface area (Å²) in [4.78, 5) is 2.15. The smallest absolute Gasteiger partial charge is 0.152 e. The van der Waals surface area contributed by atoms with E-state index in [1.165, 1.54) is 0 Å². The Bertz CT molecular complexity index is 528. The third-order valence-corrected chi connectivity index (χ3v) is 5.86. The van der Waals surface area contributed by atoms with Crippen LogP contribution in [0.2, 0.25) is 0 Å². The normalized spacial score (nSPS) is 17.1. The van der Waals surface area contributed by atoms with Crippen molar-refractivity contribution in [3.8, 4) is 0 Å². The van der Waals surface area contributed by atoms with Crippen LogP contribution in [-0.2, 0) is 0 Å². The summed E-state index contributed by atoms with van der Waals surface area (Å²) < 4.78 is 1.91. The molecule has 0 fully saturated rings. The van der Waals surface area contributed by atoms with Gasteiger partial charge in [0.1, 0.15) is 38.4 Å². The minimum Gasteiger partial charge on any atom is -0.391 e. The van der Waals surface area contributed by atoms with Gasteiger partial charge < -0.3 is 39.2 Å². The van der Waals surface area contributed by atoms with E-state index in [4.69, 9.17) is 11.6 Å². The van der Waals surface area contributed by atoms with Crippen LogP contribution in [0.4, 0.5) is 0 Å². The van der Waals surface area contributed by atoms with Gasteiger partial charge in [-0.25, -0.2) is 0 Å². The zero-order chi connectivity index (χ0) is 26.6. The lowest BCUT2D eigenvalue weighted by Crippen LogP contribution is -2.55. The molecule has 9 nitrogen and oxygen atoms in total. The number of nitrogens with zero attached hydrogens (tertiary/aromatic N) is 4. The third kappa shape index (κ3) is 20.2. The zero-order valence-electron chi connectivity index (χ0n) is 23.3. The maximum absolute atomic E-state index is 10.9. The predicted molar refractivity (Wildman–Crippen MR) is 141 cm³/mol. The Morgan fingerprint density at radius 2 is 1.15 bits per heavy atom. The molecule has 0 saturated heterocycles. The fraction of sp³-hybridized carbons (Fsp3) is 1.00. The van der Waals surface area contributed by atoms with Crippen LogP contribution in [0.1, 0.15) is 12.8 Å². The number of hydrogen-bond acceptors (Lipinski definition) is 6. The Hall–Kier alpha value is -0.0700. The van der Waals surface area contributed by atoms with Gasteiger partial charge in [0.15, 0.2) is 6.10 Å². The van der Waals surface area contributed by atoms with E-state index in [2.05, 4.69) is 52.5 Å². The van der Waals surface area contributed by atoms with Gasteiger partial charge in [-0.3, -0.25) is 4.90 Å². The van der Waals surface area contributed by atoms with E-state index in [-0.39, 0.29) is 5.88 Å². The number of aliphatic hydroxyl groups is 4. The Morgan fingerprint density at radius 3 is 1.65 bits per heavy atom. The minimum atomic E-state index is -0.556. The lowest BCUT2D eigenvalue weighted by atomic mass is 10.2. The molecule has 0 aliphatic heterocycles. The minimum absolute atomic E-state index is 0.226. The highest BCUT2D eigenvalue weighted by Crippen LogP contribution is 2.08. The molecule has 0 aromatic rings. The Kier molecular flexibility index (Phi) is 15.9. The van der Waals surface area contributed by atoms with Crippen LogP contribution in [0, 0.1) is 0 Å². The Morgan fingerprint density at radius 1 is 0.676 bits per heavy atom.